The van der Waals surface area contributed by atoms with Crippen molar-refractivity contribution in [3.63, 3.8) is 0 Å². The van der Waals surface area contributed by atoms with Crippen LogP contribution in [0.15, 0.2) is 264 Å². The molecule has 1 N–H and O–H groups in total. The first-order chi connectivity index (χ1) is 45.0. The lowest BCUT2D eigenvalue weighted by molar-refractivity contribution is 0.453. The first kappa shape index (κ1) is 56.2. The molecular weight excluding hydrogens is 1160 g/mol. The smallest absolute Gasteiger partial charge is 0.537 e. The van der Waals surface area contributed by atoms with Crippen LogP contribution in [0.1, 0.15) is 49.9 Å². The van der Waals surface area contributed by atoms with E-state index in [9.17, 15) is 0 Å². The number of furan rings is 2. The second-order valence-electron chi connectivity index (χ2n) is 24.2. The van der Waals surface area contributed by atoms with Crippen molar-refractivity contribution >= 4 is 84.7 Å². The molecule has 0 atom stereocenters. The standard InChI is InChI=1S/C40H27N3O.C21H16BO3.C19H12ClN3/c1-40(2)31-21-22-34-36(30-16-8-9-18-33(30)44-34)35(31)29-20-19-26(23-32(29)40)38-41-37(25-12-4-3-5-13-25)42-39(43-38)28-17-10-14-24-11-6-7-15-27(24)28;1-21(2)15-9-10-18-20(14-5-3-4-6-17(14)24-18)19(15)13-8-7-12(25-22-23)11-16(13)21;20-19-22-17(14-8-2-1-3-9-14)21-18(23-19)16-12-6-10-13-7-4-5-11-15(13)16/h3-23H,1-2H3;3-11,23H,1-2H3;1-12H. The fourth-order valence-electron chi connectivity index (χ4n) is 13.7. The van der Waals surface area contributed by atoms with Crippen LogP contribution in [0.3, 0.4) is 0 Å². The molecule has 2 aliphatic carbocycles. The Bertz CT molecular complexity index is 5580. The van der Waals surface area contributed by atoms with Crippen LogP contribution in [0.25, 0.3) is 145 Å². The van der Waals surface area contributed by atoms with Crippen molar-refractivity contribution in [1.82, 2.24) is 29.9 Å². The lowest BCUT2D eigenvalue weighted by Crippen LogP contribution is -2.15. The number of para-hydroxylation sites is 2. The van der Waals surface area contributed by atoms with Crippen LogP contribution >= 0.6 is 11.6 Å². The highest BCUT2D eigenvalue weighted by Crippen LogP contribution is 2.55. The predicted octanol–water partition coefficient (Wildman–Crippen LogP) is 20.0. The van der Waals surface area contributed by atoms with Gasteiger partial charge in [0.05, 0.1) is 0 Å². The van der Waals surface area contributed by atoms with Crippen LogP contribution in [-0.4, -0.2) is 42.6 Å². The minimum atomic E-state index is -0.207. The molecule has 12 aromatic carbocycles. The molecule has 0 saturated carbocycles. The number of hydrogen-bond acceptors (Lipinski definition) is 10. The Morgan fingerprint density at radius 2 is 0.761 bits per heavy atom. The van der Waals surface area contributed by atoms with Crippen molar-refractivity contribution in [3.05, 3.63) is 282 Å². The van der Waals surface area contributed by atoms with Crippen LogP contribution in [0.5, 0.6) is 5.75 Å². The minimum Gasteiger partial charge on any atom is -0.537 e. The zero-order valence-corrected chi connectivity index (χ0v) is 51.3. The molecule has 0 bridgehead atoms. The number of fused-ring (bicyclic) bond motifs is 16. The van der Waals surface area contributed by atoms with Crippen LogP contribution in [0.4, 0.5) is 0 Å². The summed E-state index contributed by atoms with van der Waals surface area (Å²) in [5.74, 6) is 3.79. The molecule has 4 heterocycles. The molecule has 4 aromatic heterocycles. The summed E-state index contributed by atoms with van der Waals surface area (Å²) < 4.78 is 17.5. The third kappa shape index (κ3) is 9.55. The van der Waals surface area contributed by atoms with Crippen molar-refractivity contribution < 1.29 is 18.5 Å². The van der Waals surface area contributed by atoms with Gasteiger partial charge in [-0.3, -0.25) is 0 Å². The van der Waals surface area contributed by atoms with Gasteiger partial charge in [0.1, 0.15) is 28.1 Å². The normalized spacial score (nSPS) is 13.1. The largest absolute Gasteiger partial charge is 0.569 e. The first-order valence-electron chi connectivity index (χ1n) is 30.6. The Balaban J connectivity index is 0.000000119. The van der Waals surface area contributed by atoms with E-state index in [1.807, 2.05) is 115 Å². The minimum absolute atomic E-state index is 0.147. The van der Waals surface area contributed by atoms with Crippen LogP contribution in [0, 0.1) is 0 Å². The van der Waals surface area contributed by atoms with Gasteiger partial charge in [0.15, 0.2) is 29.1 Å². The van der Waals surface area contributed by atoms with E-state index in [-0.39, 0.29) is 16.1 Å². The second-order valence-corrected chi connectivity index (χ2v) is 24.5. The Morgan fingerprint density at radius 3 is 1.29 bits per heavy atom. The fourth-order valence-corrected chi connectivity index (χ4v) is 13.9. The topological polar surface area (TPSA) is 133 Å². The molecule has 0 spiro atoms. The summed E-state index contributed by atoms with van der Waals surface area (Å²) in [6.45, 7) is 9.05. The summed E-state index contributed by atoms with van der Waals surface area (Å²) in [5, 5.41) is 18.3. The average molecular weight is 1210 g/mol. The molecule has 0 fully saturated rings. The molecule has 439 valence electrons. The fraction of sp³-hybridized carbons (Fsp3) is 0.0750. The summed E-state index contributed by atoms with van der Waals surface area (Å²) >= 11 is 6.14. The van der Waals surface area contributed by atoms with Gasteiger partial charge in [0, 0.05) is 60.2 Å². The van der Waals surface area contributed by atoms with Gasteiger partial charge < -0.3 is 18.5 Å². The van der Waals surface area contributed by atoms with E-state index >= 15 is 0 Å². The summed E-state index contributed by atoms with van der Waals surface area (Å²) in [4.78, 5) is 28.4. The lowest BCUT2D eigenvalue weighted by Gasteiger charge is -2.22. The van der Waals surface area contributed by atoms with Gasteiger partial charge in [0.25, 0.3) is 0 Å². The number of rotatable bonds is 7. The Hall–Kier alpha value is -11.1. The highest BCUT2D eigenvalue weighted by atomic mass is 35.5. The summed E-state index contributed by atoms with van der Waals surface area (Å²) in [5.41, 5.74) is 18.1. The molecule has 2 aliphatic rings. The molecule has 0 unspecified atom stereocenters. The van der Waals surface area contributed by atoms with E-state index in [1.165, 1.54) is 55.3 Å². The van der Waals surface area contributed by atoms with E-state index < -0.39 is 0 Å². The van der Waals surface area contributed by atoms with Gasteiger partial charge in [0.2, 0.25) is 5.28 Å². The zero-order chi connectivity index (χ0) is 62.2. The van der Waals surface area contributed by atoms with E-state index in [2.05, 4.69) is 182 Å². The average Bonchev–Trinajstić information content (AvgIpc) is 1.56. The second kappa shape index (κ2) is 22.4. The van der Waals surface area contributed by atoms with Gasteiger partial charge in [-0.15, -0.1) is 0 Å². The molecule has 12 heteroatoms. The Labute approximate surface area is 535 Å². The van der Waals surface area contributed by atoms with Crippen molar-refractivity contribution in [2.45, 2.75) is 38.5 Å². The van der Waals surface area contributed by atoms with Gasteiger partial charge >= 0.3 is 7.69 Å². The Morgan fingerprint density at radius 1 is 0.348 bits per heavy atom. The van der Waals surface area contributed by atoms with E-state index in [4.69, 9.17) is 45.1 Å². The summed E-state index contributed by atoms with van der Waals surface area (Å²) in [6.07, 6.45) is 0. The maximum absolute atomic E-state index is 8.94. The molecule has 10 nitrogen and oxygen atoms in total. The molecule has 92 heavy (non-hydrogen) atoms. The summed E-state index contributed by atoms with van der Waals surface area (Å²) in [7, 11) is 0.721. The molecule has 0 saturated heterocycles. The Kier molecular flexibility index (Phi) is 13.7. The van der Waals surface area contributed by atoms with Gasteiger partial charge in [-0.2, -0.15) is 9.97 Å². The maximum atomic E-state index is 8.94. The zero-order valence-electron chi connectivity index (χ0n) is 50.6. The predicted molar refractivity (Wildman–Crippen MR) is 372 cm³/mol. The molecular formula is C80H55BClN6O4. The van der Waals surface area contributed by atoms with Crippen LogP contribution in [0.2, 0.25) is 5.28 Å². The molecule has 18 rings (SSSR count). The number of halogens is 1. The van der Waals surface area contributed by atoms with Crippen molar-refractivity contribution in [2.75, 3.05) is 0 Å². The first-order valence-corrected chi connectivity index (χ1v) is 30.9. The quantitative estimate of drug-likeness (QED) is 0.154. The monoisotopic (exact) mass is 1210 g/mol. The SMILES string of the molecule is CC1(C)c2cc(-c3nc(-c4ccccc4)nc(-c4cccc5ccccc45)n3)ccc2-c2c1ccc1oc3ccccc3c21.CC1(C)c2cc(O[B]O)ccc2-c2c1ccc1oc3ccccc3c21.Clc1nc(-c2ccccc2)nc(-c2cccc3ccccc23)n1. The maximum Gasteiger partial charge on any atom is 0.569 e. The van der Waals surface area contributed by atoms with Crippen LogP contribution in [-0.2, 0) is 10.8 Å². The van der Waals surface area contributed by atoms with Crippen molar-refractivity contribution in [2.24, 2.45) is 0 Å². The molecule has 0 aliphatic heterocycles. The van der Waals surface area contributed by atoms with E-state index in [0.29, 0.717) is 34.9 Å². The lowest BCUT2D eigenvalue weighted by atomic mass is 9.81. The van der Waals surface area contributed by atoms with Gasteiger partial charge in [-0.25, -0.2) is 19.9 Å². The van der Waals surface area contributed by atoms with Crippen LogP contribution < -0.4 is 4.65 Å². The van der Waals surface area contributed by atoms with Gasteiger partial charge in [-0.1, -0.05) is 240 Å². The highest BCUT2D eigenvalue weighted by Gasteiger charge is 2.39. The molecule has 16 aromatic rings. The van der Waals surface area contributed by atoms with Gasteiger partial charge in [-0.05, 0) is 120 Å². The number of aromatic nitrogens is 6. The van der Waals surface area contributed by atoms with Crippen molar-refractivity contribution in [3.8, 4) is 84.9 Å². The summed E-state index contributed by atoms with van der Waals surface area (Å²) in [6, 6.07) is 86.5. The third-order valence-corrected chi connectivity index (χ3v) is 18.3. The molecule has 0 amide bonds. The van der Waals surface area contributed by atoms with E-state index in [1.54, 1.807) is 0 Å². The van der Waals surface area contributed by atoms with E-state index in [0.717, 1.165) is 90.2 Å². The number of hydrogen-bond donors (Lipinski definition) is 1. The number of benzene rings is 12. The number of nitrogens with zero attached hydrogens (tertiary/aromatic N) is 6. The highest BCUT2D eigenvalue weighted by molar-refractivity contribution is 6.28. The van der Waals surface area contributed by atoms with Crippen molar-refractivity contribution in [1.29, 1.82) is 0 Å². The third-order valence-electron chi connectivity index (χ3n) is 18.1. The molecule has 1 radical (unpaired) electrons.